The number of carbonyl (C=O) groups is 1. The molecule has 9 nitrogen and oxygen atoms in total. The molecule has 2 rings (SSSR count). The van der Waals surface area contributed by atoms with Crippen LogP contribution in [0.1, 0.15) is 5.56 Å². The minimum absolute atomic E-state index is 0.00879. The van der Waals surface area contributed by atoms with Crippen LogP contribution in [0.5, 0.6) is 5.75 Å². The smallest absolute Gasteiger partial charge is 0.263 e. The summed E-state index contributed by atoms with van der Waals surface area (Å²) in [6.07, 6.45) is 1.33. The first-order chi connectivity index (χ1) is 9.15. The zero-order valence-corrected chi connectivity index (χ0v) is 9.76. The molecule has 2 aromatic rings. The average Bonchev–Trinajstić information content (AvgIpc) is 2.77. The number of carbonyl (C=O) groups excluding carboxylic acids is 1. The number of hydrogen-bond acceptors (Lipinski definition) is 7. The number of hydrogen-bond donors (Lipinski definition) is 3. The van der Waals surface area contributed by atoms with E-state index in [4.69, 9.17) is 5.73 Å². The standard InChI is InChI=1S/C10H11N7O2/c11-10-14-16-17(15-10)6-9(19)13-12-5-7-3-1-2-4-8(7)18/h1-5,18H,6H2,(H2,11,15)(H,13,19)/b12-5-. The summed E-state index contributed by atoms with van der Waals surface area (Å²) < 4.78 is 0. The van der Waals surface area contributed by atoms with Crippen molar-refractivity contribution >= 4 is 18.1 Å². The number of para-hydroxylation sites is 1. The van der Waals surface area contributed by atoms with Crippen molar-refractivity contribution < 1.29 is 9.90 Å². The van der Waals surface area contributed by atoms with Crippen LogP contribution in [0.3, 0.4) is 0 Å². The van der Waals surface area contributed by atoms with E-state index in [1.165, 1.54) is 12.3 Å². The summed E-state index contributed by atoms with van der Waals surface area (Å²) >= 11 is 0. The number of nitrogens with one attached hydrogen (secondary N) is 1. The Morgan fingerprint density at radius 3 is 3.00 bits per heavy atom. The summed E-state index contributed by atoms with van der Waals surface area (Å²) in [6, 6.07) is 6.60. The molecule has 1 heterocycles. The maximum absolute atomic E-state index is 11.4. The summed E-state index contributed by atoms with van der Waals surface area (Å²) in [5.41, 5.74) is 8.01. The van der Waals surface area contributed by atoms with Crippen LogP contribution in [0.15, 0.2) is 29.4 Å². The maximum atomic E-state index is 11.4. The van der Waals surface area contributed by atoms with Gasteiger partial charge in [-0.05, 0) is 17.3 Å². The zero-order chi connectivity index (χ0) is 13.7. The van der Waals surface area contributed by atoms with Crippen molar-refractivity contribution in [1.82, 2.24) is 25.6 Å². The van der Waals surface area contributed by atoms with Gasteiger partial charge in [0.1, 0.15) is 12.3 Å². The van der Waals surface area contributed by atoms with E-state index in [1.54, 1.807) is 18.2 Å². The van der Waals surface area contributed by atoms with Crippen LogP contribution >= 0.6 is 0 Å². The van der Waals surface area contributed by atoms with Crippen molar-refractivity contribution in [2.24, 2.45) is 5.10 Å². The number of phenols is 1. The average molecular weight is 261 g/mol. The summed E-state index contributed by atoms with van der Waals surface area (Å²) in [4.78, 5) is 12.5. The van der Waals surface area contributed by atoms with E-state index in [9.17, 15) is 9.90 Å². The quantitative estimate of drug-likeness (QED) is 0.483. The highest BCUT2D eigenvalue weighted by Crippen LogP contribution is 2.12. The Morgan fingerprint density at radius 1 is 1.53 bits per heavy atom. The number of amides is 1. The van der Waals surface area contributed by atoms with E-state index in [0.29, 0.717) is 5.56 Å². The third-order valence-electron chi connectivity index (χ3n) is 2.08. The highest BCUT2D eigenvalue weighted by Gasteiger charge is 2.04. The Bertz CT molecular complexity index is 607. The molecule has 9 heteroatoms. The van der Waals surface area contributed by atoms with Gasteiger partial charge in [-0.15, -0.1) is 5.10 Å². The van der Waals surface area contributed by atoms with E-state index in [2.05, 4.69) is 25.9 Å². The van der Waals surface area contributed by atoms with Crippen molar-refractivity contribution in [3.63, 3.8) is 0 Å². The fourth-order valence-electron chi connectivity index (χ4n) is 1.26. The van der Waals surface area contributed by atoms with E-state index in [-0.39, 0.29) is 18.2 Å². The van der Waals surface area contributed by atoms with Crippen molar-refractivity contribution in [2.75, 3.05) is 5.73 Å². The molecule has 0 aliphatic rings. The van der Waals surface area contributed by atoms with Gasteiger partial charge in [0.15, 0.2) is 0 Å². The minimum atomic E-state index is -0.441. The van der Waals surface area contributed by atoms with Gasteiger partial charge in [-0.3, -0.25) is 4.79 Å². The van der Waals surface area contributed by atoms with Crippen LogP contribution in [-0.2, 0) is 11.3 Å². The molecule has 0 bridgehead atoms. The molecule has 1 aromatic heterocycles. The predicted octanol–water partition coefficient (Wildman–Crippen LogP) is -0.889. The first-order valence-electron chi connectivity index (χ1n) is 5.28. The normalized spacial score (nSPS) is 10.7. The Hall–Kier alpha value is -2.97. The third kappa shape index (κ3) is 3.49. The van der Waals surface area contributed by atoms with Crippen molar-refractivity contribution in [3.8, 4) is 5.75 Å². The summed E-state index contributed by atoms with van der Waals surface area (Å²) in [5, 5.41) is 23.8. The van der Waals surface area contributed by atoms with Crippen LogP contribution in [0.2, 0.25) is 0 Å². The third-order valence-corrected chi connectivity index (χ3v) is 2.08. The Balaban J connectivity index is 1.88. The van der Waals surface area contributed by atoms with Crippen LogP contribution < -0.4 is 11.2 Å². The largest absolute Gasteiger partial charge is 0.507 e. The lowest BCUT2D eigenvalue weighted by molar-refractivity contribution is -0.122. The summed E-state index contributed by atoms with van der Waals surface area (Å²) in [7, 11) is 0. The lowest BCUT2D eigenvalue weighted by Gasteiger charge is -1.99. The highest BCUT2D eigenvalue weighted by atomic mass is 16.3. The SMILES string of the molecule is Nc1nnn(CC(=O)N/N=C\c2ccccc2O)n1. The van der Waals surface area contributed by atoms with E-state index >= 15 is 0 Å². The molecule has 1 amide bonds. The first kappa shape index (κ1) is 12.5. The van der Waals surface area contributed by atoms with Gasteiger partial charge in [0.25, 0.3) is 11.9 Å². The molecule has 0 atom stereocenters. The summed E-state index contributed by atoms with van der Waals surface area (Å²) in [6.45, 7) is -0.150. The number of nitrogens with zero attached hydrogens (tertiary/aromatic N) is 5. The van der Waals surface area contributed by atoms with Gasteiger partial charge in [0, 0.05) is 5.56 Å². The Labute approximate surface area is 107 Å². The maximum Gasteiger partial charge on any atom is 0.263 e. The summed E-state index contributed by atoms with van der Waals surface area (Å²) in [5.74, 6) is -0.374. The van der Waals surface area contributed by atoms with Gasteiger partial charge in [0.2, 0.25) is 0 Å². The van der Waals surface area contributed by atoms with Crippen molar-refractivity contribution in [2.45, 2.75) is 6.54 Å². The molecule has 0 saturated heterocycles. The van der Waals surface area contributed by atoms with E-state index < -0.39 is 5.91 Å². The second-order valence-corrected chi connectivity index (χ2v) is 3.53. The molecule has 0 radical (unpaired) electrons. The van der Waals surface area contributed by atoms with E-state index in [1.807, 2.05) is 0 Å². The van der Waals surface area contributed by atoms with Gasteiger partial charge < -0.3 is 10.8 Å². The van der Waals surface area contributed by atoms with Crippen LogP contribution in [0.4, 0.5) is 5.95 Å². The number of nitrogen functional groups attached to an aromatic ring is 1. The molecule has 0 unspecified atom stereocenters. The molecular formula is C10H11N7O2. The molecule has 0 aliphatic heterocycles. The Kier molecular flexibility index (Phi) is 3.67. The van der Waals surface area contributed by atoms with Crippen LogP contribution in [0.25, 0.3) is 0 Å². The first-order valence-corrected chi connectivity index (χ1v) is 5.28. The molecule has 0 spiro atoms. The number of phenolic OH excluding ortho intramolecular Hbond substituents is 1. The van der Waals surface area contributed by atoms with Crippen molar-refractivity contribution in [1.29, 1.82) is 0 Å². The van der Waals surface area contributed by atoms with Gasteiger partial charge in [0.05, 0.1) is 6.21 Å². The number of aromatic nitrogens is 4. The molecular weight excluding hydrogens is 250 g/mol. The highest BCUT2D eigenvalue weighted by molar-refractivity contribution is 5.84. The topological polar surface area (TPSA) is 131 Å². The lowest BCUT2D eigenvalue weighted by atomic mass is 10.2. The molecule has 0 saturated carbocycles. The fourth-order valence-corrected chi connectivity index (χ4v) is 1.26. The molecule has 0 aliphatic carbocycles. The lowest BCUT2D eigenvalue weighted by Crippen LogP contribution is -2.24. The number of nitrogens with two attached hydrogens (primary N) is 1. The second-order valence-electron chi connectivity index (χ2n) is 3.53. The number of hydrazone groups is 1. The number of rotatable bonds is 4. The minimum Gasteiger partial charge on any atom is -0.507 e. The molecule has 0 fully saturated rings. The number of benzene rings is 1. The Morgan fingerprint density at radius 2 is 2.32 bits per heavy atom. The number of anilines is 1. The van der Waals surface area contributed by atoms with Crippen LogP contribution in [0, 0.1) is 0 Å². The van der Waals surface area contributed by atoms with Gasteiger partial charge in [-0.1, -0.05) is 17.2 Å². The fraction of sp³-hybridized carbons (Fsp3) is 0.100. The van der Waals surface area contributed by atoms with Crippen LogP contribution in [-0.4, -0.2) is 37.4 Å². The predicted molar refractivity (Wildman–Crippen MR) is 66.1 cm³/mol. The van der Waals surface area contributed by atoms with E-state index in [0.717, 1.165) is 4.80 Å². The number of aromatic hydroxyl groups is 1. The molecule has 4 N–H and O–H groups in total. The van der Waals surface area contributed by atoms with Gasteiger partial charge in [-0.2, -0.15) is 9.90 Å². The monoisotopic (exact) mass is 261 g/mol. The second kappa shape index (κ2) is 5.58. The zero-order valence-electron chi connectivity index (χ0n) is 9.76. The number of tetrazole rings is 1. The molecule has 19 heavy (non-hydrogen) atoms. The van der Waals surface area contributed by atoms with Gasteiger partial charge >= 0.3 is 0 Å². The molecule has 1 aromatic carbocycles. The van der Waals surface area contributed by atoms with Gasteiger partial charge in [-0.25, -0.2) is 5.43 Å². The molecule has 98 valence electrons. The van der Waals surface area contributed by atoms with Crippen molar-refractivity contribution in [3.05, 3.63) is 29.8 Å².